The largest absolute Gasteiger partial charge is 0.480 e. The number of hydrogen-bond donors (Lipinski definition) is 3. The fourth-order valence-corrected chi connectivity index (χ4v) is 6.54. The molecule has 0 unspecified atom stereocenters. The Morgan fingerprint density at radius 2 is 1.76 bits per heavy atom. The van der Waals surface area contributed by atoms with Crippen molar-refractivity contribution in [2.24, 2.45) is 23.2 Å². The molecule has 38 heavy (non-hydrogen) atoms. The number of nitrogens with one attached hydrogen (secondary N) is 2. The van der Waals surface area contributed by atoms with Crippen molar-refractivity contribution in [3.05, 3.63) is 24.3 Å². The molecular weight excluding hydrogens is 486 g/mol. The molecule has 1 aliphatic heterocycles. The second-order valence-corrected chi connectivity index (χ2v) is 12.3. The molecule has 3 amide bonds. The normalized spacial score (nSPS) is 25.3. The number of carbonyl (C=O) groups excluding carboxylic acids is 3. The van der Waals surface area contributed by atoms with Crippen LogP contribution in [-0.2, 0) is 14.4 Å². The number of aromatic nitrogens is 2. The Morgan fingerprint density at radius 3 is 2.39 bits per heavy atom. The first-order valence-corrected chi connectivity index (χ1v) is 14.0. The van der Waals surface area contributed by atoms with E-state index >= 15 is 0 Å². The van der Waals surface area contributed by atoms with E-state index in [0.29, 0.717) is 18.9 Å². The van der Waals surface area contributed by atoms with Gasteiger partial charge in [0.2, 0.25) is 11.8 Å². The Hall–Kier alpha value is -3.04. The molecule has 10 heteroatoms. The van der Waals surface area contributed by atoms with Crippen LogP contribution in [0.3, 0.4) is 0 Å². The Balaban J connectivity index is 1.53. The first-order chi connectivity index (χ1) is 18.1. The van der Waals surface area contributed by atoms with Crippen LogP contribution in [0.5, 0.6) is 0 Å². The molecule has 0 aromatic carbocycles. The van der Waals surface area contributed by atoms with Gasteiger partial charge in [-0.3, -0.25) is 19.4 Å². The topological polar surface area (TPSA) is 142 Å². The SMILES string of the molecule is CC(C)(C)[C@H](NC(=O)[C@H](CC1CCCCC1)NC(=O)c1cnccn1)C(=O)N1C[C@@H]2CCC[C@@H]2[C@H]1C(=O)O. The summed E-state index contributed by atoms with van der Waals surface area (Å²) in [5.74, 6) is -1.86. The molecule has 0 radical (unpaired) electrons. The minimum atomic E-state index is -0.988. The van der Waals surface area contributed by atoms with Gasteiger partial charge >= 0.3 is 5.97 Å². The monoisotopic (exact) mass is 527 g/mol. The standard InChI is InChI=1S/C28H41N5O5/c1-28(2,3)23(26(36)33-16-18-10-7-11-19(18)22(33)27(37)38)32-24(34)20(14-17-8-5-4-6-9-17)31-25(35)21-15-29-12-13-30-21/h12-13,15,17-20,22-23H,4-11,14,16H2,1-3H3,(H,31,35)(H,32,34)(H,37,38)/t18-,19-,20-,22-,23+/m0/s1. The van der Waals surface area contributed by atoms with E-state index in [1.165, 1.54) is 29.9 Å². The number of hydrogen-bond acceptors (Lipinski definition) is 6. The number of carbonyl (C=O) groups is 4. The first-order valence-electron chi connectivity index (χ1n) is 14.0. The summed E-state index contributed by atoms with van der Waals surface area (Å²) < 4.78 is 0. The number of nitrogens with zero attached hydrogens (tertiary/aromatic N) is 3. The van der Waals surface area contributed by atoms with E-state index in [1.54, 1.807) is 0 Å². The van der Waals surface area contributed by atoms with Crippen molar-refractivity contribution >= 4 is 23.7 Å². The summed E-state index contributed by atoms with van der Waals surface area (Å²) in [6.45, 7) is 5.97. The van der Waals surface area contributed by atoms with Gasteiger partial charge < -0.3 is 20.6 Å². The highest BCUT2D eigenvalue weighted by atomic mass is 16.4. The lowest BCUT2D eigenvalue weighted by Crippen LogP contribution is -2.60. The van der Waals surface area contributed by atoms with E-state index in [4.69, 9.17) is 0 Å². The molecule has 0 spiro atoms. The summed E-state index contributed by atoms with van der Waals surface area (Å²) in [6.07, 6.45) is 12.7. The van der Waals surface area contributed by atoms with Gasteiger partial charge in [-0.2, -0.15) is 0 Å². The van der Waals surface area contributed by atoms with Crippen LogP contribution in [-0.4, -0.2) is 68.3 Å². The van der Waals surface area contributed by atoms with E-state index in [9.17, 15) is 24.3 Å². The van der Waals surface area contributed by atoms with Gasteiger partial charge in [-0.15, -0.1) is 0 Å². The van der Waals surface area contributed by atoms with Crippen molar-refractivity contribution in [2.75, 3.05) is 6.54 Å². The lowest BCUT2D eigenvalue weighted by Gasteiger charge is -2.36. The Labute approximate surface area is 224 Å². The maximum Gasteiger partial charge on any atom is 0.326 e. The maximum absolute atomic E-state index is 13.9. The van der Waals surface area contributed by atoms with Gasteiger partial charge in [-0.1, -0.05) is 59.3 Å². The smallest absolute Gasteiger partial charge is 0.326 e. The van der Waals surface area contributed by atoms with Crippen molar-refractivity contribution in [1.29, 1.82) is 0 Å². The highest BCUT2D eigenvalue weighted by Gasteiger charge is 2.52. The molecular formula is C28H41N5O5. The van der Waals surface area contributed by atoms with Crippen molar-refractivity contribution in [1.82, 2.24) is 25.5 Å². The highest BCUT2D eigenvalue weighted by Crippen LogP contribution is 2.43. The summed E-state index contributed by atoms with van der Waals surface area (Å²) in [5, 5.41) is 15.7. The Morgan fingerprint density at radius 1 is 1.03 bits per heavy atom. The number of carboxylic acids is 1. The molecule has 2 saturated carbocycles. The molecule has 2 heterocycles. The molecule has 1 aromatic heterocycles. The van der Waals surface area contributed by atoms with Gasteiger partial charge in [0.05, 0.1) is 6.20 Å². The first kappa shape index (κ1) is 28.0. The van der Waals surface area contributed by atoms with Crippen molar-refractivity contribution in [3.8, 4) is 0 Å². The van der Waals surface area contributed by atoms with Crippen LogP contribution in [0.25, 0.3) is 0 Å². The van der Waals surface area contributed by atoms with Crippen molar-refractivity contribution in [3.63, 3.8) is 0 Å². The van der Waals surface area contributed by atoms with Crippen LogP contribution in [0.15, 0.2) is 18.6 Å². The average Bonchev–Trinajstić information content (AvgIpc) is 3.48. The summed E-state index contributed by atoms with van der Waals surface area (Å²) in [4.78, 5) is 62.2. The summed E-state index contributed by atoms with van der Waals surface area (Å²) in [5.41, 5.74) is -0.553. The molecule has 1 saturated heterocycles. The zero-order chi connectivity index (χ0) is 27.4. The molecule has 3 aliphatic rings. The van der Waals surface area contributed by atoms with Crippen LogP contribution >= 0.6 is 0 Å². The minimum absolute atomic E-state index is 0.0434. The van der Waals surface area contributed by atoms with Crippen LogP contribution in [0.1, 0.15) is 89.0 Å². The fraction of sp³-hybridized carbons (Fsp3) is 0.714. The molecule has 0 bridgehead atoms. The van der Waals surface area contributed by atoms with Gasteiger partial charge in [0.25, 0.3) is 5.91 Å². The number of rotatable bonds is 8. The zero-order valence-corrected chi connectivity index (χ0v) is 22.7. The third-order valence-corrected chi connectivity index (χ3v) is 8.54. The average molecular weight is 528 g/mol. The molecule has 3 fully saturated rings. The van der Waals surface area contributed by atoms with Crippen molar-refractivity contribution < 1.29 is 24.3 Å². The number of carboxylic acid groups (broad SMARTS) is 1. The molecule has 4 rings (SSSR count). The van der Waals surface area contributed by atoms with Gasteiger partial charge in [-0.05, 0) is 42.4 Å². The van der Waals surface area contributed by atoms with Crippen LogP contribution < -0.4 is 10.6 Å². The predicted octanol–water partition coefficient (Wildman–Crippen LogP) is 2.79. The summed E-state index contributed by atoms with van der Waals surface area (Å²) in [7, 11) is 0. The van der Waals surface area contributed by atoms with E-state index in [-0.39, 0.29) is 23.4 Å². The van der Waals surface area contributed by atoms with Crippen LogP contribution in [0.4, 0.5) is 0 Å². The zero-order valence-electron chi connectivity index (χ0n) is 22.7. The van der Waals surface area contributed by atoms with Gasteiger partial charge in [0, 0.05) is 18.9 Å². The summed E-state index contributed by atoms with van der Waals surface area (Å²) in [6, 6.07) is -2.65. The number of likely N-dealkylation sites (tertiary alicyclic amines) is 1. The maximum atomic E-state index is 13.9. The highest BCUT2D eigenvalue weighted by molar-refractivity contribution is 5.97. The van der Waals surface area contributed by atoms with E-state index < -0.39 is 41.3 Å². The number of fused-ring (bicyclic) bond motifs is 1. The van der Waals surface area contributed by atoms with E-state index in [2.05, 4.69) is 20.6 Å². The number of amides is 3. The summed E-state index contributed by atoms with van der Waals surface area (Å²) >= 11 is 0. The third kappa shape index (κ3) is 6.32. The lowest BCUT2D eigenvalue weighted by atomic mass is 9.83. The van der Waals surface area contributed by atoms with Gasteiger partial charge in [-0.25, -0.2) is 9.78 Å². The van der Waals surface area contributed by atoms with Crippen LogP contribution in [0.2, 0.25) is 0 Å². The molecule has 2 aliphatic carbocycles. The molecule has 5 atom stereocenters. The molecule has 3 N–H and O–H groups in total. The Kier molecular flexibility index (Phi) is 8.67. The van der Waals surface area contributed by atoms with E-state index in [0.717, 1.165) is 44.9 Å². The quantitative estimate of drug-likeness (QED) is 0.472. The molecule has 10 nitrogen and oxygen atoms in total. The minimum Gasteiger partial charge on any atom is -0.480 e. The molecule has 1 aromatic rings. The number of aliphatic carboxylic acids is 1. The van der Waals surface area contributed by atoms with Crippen molar-refractivity contribution in [2.45, 2.75) is 96.7 Å². The van der Waals surface area contributed by atoms with Gasteiger partial charge in [0.1, 0.15) is 23.8 Å². The van der Waals surface area contributed by atoms with Gasteiger partial charge in [0.15, 0.2) is 0 Å². The fourth-order valence-electron chi connectivity index (χ4n) is 6.54. The second-order valence-electron chi connectivity index (χ2n) is 12.3. The second kappa shape index (κ2) is 11.8. The molecule has 208 valence electrons. The van der Waals surface area contributed by atoms with E-state index in [1.807, 2.05) is 20.8 Å². The predicted molar refractivity (Wildman–Crippen MR) is 140 cm³/mol. The lowest BCUT2D eigenvalue weighted by molar-refractivity contribution is -0.152. The van der Waals surface area contributed by atoms with Crippen LogP contribution in [0, 0.1) is 23.2 Å². The third-order valence-electron chi connectivity index (χ3n) is 8.54. The Bertz CT molecular complexity index is 1020.